The fourth-order valence-electron chi connectivity index (χ4n) is 2.81. The first-order valence-corrected chi connectivity index (χ1v) is 10.1. The minimum atomic E-state index is -5.02. The van der Waals surface area contributed by atoms with Crippen molar-refractivity contribution < 1.29 is 31.1 Å². The van der Waals surface area contributed by atoms with Crippen LogP contribution < -0.4 is 5.32 Å². The number of hydrogen-bond donors (Lipinski definition) is 1. The van der Waals surface area contributed by atoms with Crippen molar-refractivity contribution in [2.24, 2.45) is 0 Å². The lowest BCUT2D eigenvalue weighted by Gasteiger charge is -2.14. The molecule has 3 aromatic carbocycles. The zero-order valence-corrected chi connectivity index (χ0v) is 17.7. The molecule has 0 aromatic heterocycles. The Morgan fingerprint density at radius 2 is 1.25 bits per heavy atom. The highest BCUT2D eigenvalue weighted by atomic mass is 32.2. The summed E-state index contributed by atoms with van der Waals surface area (Å²) in [4.78, 5) is 14.2. The van der Waals surface area contributed by atoms with Gasteiger partial charge in [0.2, 0.25) is 0 Å². The number of halogens is 6. The third-order valence-electron chi connectivity index (χ3n) is 4.68. The number of rotatable bonds is 4. The molecule has 0 fully saturated rings. The van der Waals surface area contributed by atoms with Gasteiger partial charge in [0.05, 0.1) is 11.1 Å². The predicted octanol–water partition coefficient (Wildman–Crippen LogP) is 7.74. The number of carbonyl (C=O) groups is 1. The summed E-state index contributed by atoms with van der Waals surface area (Å²) in [6, 6.07) is 13.2. The normalized spacial score (nSPS) is 12.0. The summed E-state index contributed by atoms with van der Waals surface area (Å²) in [5.74, 6) is -1.07. The molecule has 0 bridgehead atoms. The van der Waals surface area contributed by atoms with Gasteiger partial charge in [-0.1, -0.05) is 17.8 Å². The first kappa shape index (κ1) is 23.7. The molecular weight excluding hydrogens is 452 g/mol. The van der Waals surface area contributed by atoms with E-state index >= 15 is 0 Å². The summed E-state index contributed by atoms with van der Waals surface area (Å²) in [6.45, 7) is 4.00. The van der Waals surface area contributed by atoms with Gasteiger partial charge in [0.25, 0.3) is 5.91 Å². The fourth-order valence-corrected chi connectivity index (χ4v) is 3.73. The van der Waals surface area contributed by atoms with Crippen molar-refractivity contribution in [2.75, 3.05) is 5.32 Å². The van der Waals surface area contributed by atoms with Gasteiger partial charge in [-0.3, -0.25) is 4.79 Å². The summed E-state index contributed by atoms with van der Waals surface area (Å²) in [7, 11) is 0. The number of nitrogens with one attached hydrogen (secondary N) is 1. The minimum absolute atomic E-state index is 0.0183. The SMILES string of the molecule is Cc1ccc(Sc2ccc(NC(=O)c3cc(C(F)(F)F)cc(C(F)(F)F)c3)cc2)cc1C. The lowest BCUT2D eigenvalue weighted by molar-refractivity contribution is -0.143. The highest BCUT2D eigenvalue weighted by Gasteiger charge is 2.37. The highest BCUT2D eigenvalue weighted by Crippen LogP contribution is 2.36. The first-order chi connectivity index (χ1) is 14.8. The smallest absolute Gasteiger partial charge is 0.322 e. The van der Waals surface area contributed by atoms with E-state index in [2.05, 4.69) is 5.32 Å². The number of hydrogen-bond acceptors (Lipinski definition) is 2. The van der Waals surface area contributed by atoms with E-state index in [1.807, 2.05) is 32.0 Å². The number of anilines is 1. The fraction of sp³-hybridized carbons (Fsp3) is 0.174. The Labute approximate surface area is 184 Å². The molecule has 0 saturated carbocycles. The number of amides is 1. The lowest BCUT2D eigenvalue weighted by Crippen LogP contribution is -2.17. The molecule has 168 valence electrons. The van der Waals surface area contributed by atoms with Crippen molar-refractivity contribution in [1.82, 2.24) is 0 Å². The Hall–Kier alpha value is -2.94. The zero-order chi connectivity index (χ0) is 23.7. The van der Waals surface area contributed by atoms with Crippen LogP contribution in [-0.2, 0) is 12.4 Å². The average molecular weight is 469 g/mol. The molecule has 0 unspecified atom stereocenters. The van der Waals surface area contributed by atoms with Gasteiger partial charge in [-0.2, -0.15) is 26.3 Å². The standard InChI is InChI=1S/C23H17F6NOS/c1-13-3-6-20(9-14(13)2)32-19-7-4-18(5-8-19)30-21(31)15-10-16(22(24,25)26)12-17(11-15)23(27,28)29/h3-12H,1-2H3,(H,30,31). The van der Waals surface area contributed by atoms with Crippen molar-refractivity contribution in [3.63, 3.8) is 0 Å². The molecule has 2 nitrogen and oxygen atoms in total. The van der Waals surface area contributed by atoms with Crippen LogP contribution in [0.1, 0.15) is 32.6 Å². The summed E-state index contributed by atoms with van der Waals surface area (Å²) < 4.78 is 78.0. The second kappa shape index (κ2) is 8.90. The van der Waals surface area contributed by atoms with Gasteiger partial charge in [0, 0.05) is 21.0 Å². The van der Waals surface area contributed by atoms with Crippen molar-refractivity contribution in [3.05, 3.63) is 88.5 Å². The molecule has 1 N–H and O–H groups in total. The van der Waals surface area contributed by atoms with Gasteiger partial charge < -0.3 is 5.32 Å². The van der Waals surface area contributed by atoms with Crippen LogP contribution in [0.4, 0.5) is 32.0 Å². The second-order valence-corrected chi connectivity index (χ2v) is 8.27. The quantitative estimate of drug-likeness (QED) is 0.396. The number of carbonyl (C=O) groups excluding carboxylic acids is 1. The molecule has 3 aromatic rings. The van der Waals surface area contributed by atoms with E-state index in [9.17, 15) is 31.1 Å². The summed E-state index contributed by atoms with van der Waals surface area (Å²) in [6.07, 6.45) is -10.0. The topological polar surface area (TPSA) is 29.1 Å². The minimum Gasteiger partial charge on any atom is -0.322 e. The molecule has 1 amide bonds. The molecule has 3 rings (SSSR count). The number of aryl methyl sites for hydroxylation is 2. The van der Waals surface area contributed by atoms with Gasteiger partial charge in [-0.25, -0.2) is 0 Å². The van der Waals surface area contributed by atoms with Crippen LogP contribution in [-0.4, -0.2) is 5.91 Å². The highest BCUT2D eigenvalue weighted by molar-refractivity contribution is 7.99. The molecular formula is C23H17F6NOS. The molecule has 0 aliphatic rings. The van der Waals surface area contributed by atoms with Crippen LogP contribution in [0.15, 0.2) is 70.5 Å². The van der Waals surface area contributed by atoms with E-state index in [1.54, 1.807) is 12.1 Å². The molecule has 0 aliphatic carbocycles. The van der Waals surface area contributed by atoms with Crippen LogP contribution >= 0.6 is 11.8 Å². The maximum absolute atomic E-state index is 13.0. The lowest BCUT2D eigenvalue weighted by atomic mass is 10.0. The Bertz CT molecular complexity index is 1100. The van der Waals surface area contributed by atoms with E-state index in [-0.39, 0.29) is 11.8 Å². The van der Waals surface area contributed by atoms with E-state index in [1.165, 1.54) is 23.9 Å². The van der Waals surface area contributed by atoms with E-state index in [0.29, 0.717) is 12.1 Å². The Morgan fingerprint density at radius 1 is 0.719 bits per heavy atom. The van der Waals surface area contributed by atoms with E-state index in [0.717, 1.165) is 20.9 Å². The van der Waals surface area contributed by atoms with Crippen molar-refractivity contribution in [2.45, 2.75) is 36.0 Å². The van der Waals surface area contributed by atoms with Crippen LogP contribution in [0.5, 0.6) is 0 Å². The third-order valence-corrected chi connectivity index (χ3v) is 5.67. The van der Waals surface area contributed by atoms with Crippen LogP contribution in [0.3, 0.4) is 0 Å². The molecule has 0 saturated heterocycles. The largest absolute Gasteiger partial charge is 0.416 e. The summed E-state index contributed by atoms with van der Waals surface area (Å²) in [5, 5.41) is 2.34. The maximum Gasteiger partial charge on any atom is 0.416 e. The molecule has 0 atom stereocenters. The van der Waals surface area contributed by atoms with Gasteiger partial charge in [-0.15, -0.1) is 0 Å². The van der Waals surface area contributed by atoms with Crippen molar-refractivity contribution in [1.29, 1.82) is 0 Å². The molecule has 0 spiro atoms. The number of alkyl halides is 6. The summed E-state index contributed by atoms with van der Waals surface area (Å²) >= 11 is 1.48. The zero-order valence-electron chi connectivity index (χ0n) is 16.9. The molecule has 0 aliphatic heterocycles. The number of benzene rings is 3. The van der Waals surface area contributed by atoms with Gasteiger partial charge >= 0.3 is 12.4 Å². The van der Waals surface area contributed by atoms with Gasteiger partial charge in [0.15, 0.2) is 0 Å². The molecule has 9 heteroatoms. The van der Waals surface area contributed by atoms with Crippen molar-refractivity contribution in [3.8, 4) is 0 Å². The molecule has 0 heterocycles. The van der Waals surface area contributed by atoms with Gasteiger partial charge in [-0.05, 0) is 79.6 Å². The Morgan fingerprint density at radius 3 is 1.75 bits per heavy atom. The van der Waals surface area contributed by atoms with E-state index in [4.69, 9.17) is 0 Å². The van der Waals surface area contributed by atoms with Crippen LogP contribution in [0, 0.1) is 13.8 Å². The monoisotopic (exact) mass is 469 g/mol. The predicted molar refractivity (Wildman–Crippen MR) is 111 cm³/mol. The maximum atomic E-state index is 13.0. The Balaban J connectivity index is 1.79. The van der Waals surface area contributed by atoms with Gasteiger partial charge in [0.1, 0.15) is 0 Å². The van der Waals surface area contributed by atoms with Crippen LogP contribution in [0.2, 0.25) is 0 Å². The summed E-state index contributed by atoms with van der Waals surface area (Å²) in [5.41, 5.74) is -1.28. The van der Waals surface area contributed by atoms with E-state index < -0.39 is 35.0 Å². The third kappa shape index (κ3) is 5.85. The van der Waals surface area contributed by atoms with Crippen molar-refractivity contribution >= 4 is 23.4 Å². The average Bonchev–Trinajstić information content (AvgIpc) is 2.70. The Kier molecular flexibility index (Phi) is 6.59. The second-order valence-electron chi connectivity index (χ2n) is 7.12. The molecule has 0 radical (unpaired) electrons. The van der Waals surface area contributed by atoms with Crippen LogP contribution in [0.25, 0.3) is 0 Å². The molecule has 32 heavy (non-hydrogen) atoms. The first-order valence-electron chi connectivity index (χ1n) is 9.29.